The van der Waals surface area contributed by atoms with Crippen molar-refractivity contribution in [3.8, 4) is 0 Å². The first-order valence-corrected chi connectivity index (χ1v) is 6.71. The Morgan fingerprint density at radius 3 is 2.61 bits per heavy atom. The minimum atomic E-state index is -0.308. The first-order valence-electron chi connectivity index (χ1n) is 6.71. The predicted molar refractivity (Wildman–Crippen MR) is 73.1 cm³/mol. The number of hydrogen-bond donors (Lipinski definition) is 1. The predicted octanol–water partition coefficient (Wildman–Crippen LogP) is 2.12. The third-order valence-electron chi connectivity index (χ3n) is 3.08. The van der Waals surface area contributed by atoms with E-state index in [9.17, 15) is 10.2 Å². The van der Waals surface area contributed by atoms with E-state index in [1.54, 1.807) is 0 Å². The number of benzene rings is 1. The number of nitrogens with zero attached hydrogens (tertiary/aromatic N) is 1. The molecule has 0 aliphatic heterocycles. The molecule has 1 radical (unpaired) electrons. The fourth-order valence-corrected chi connectivity index (χ4v) is 1.99. The summed E-state index contributed by atoms with van der Waals surface area (Å²) in [4.78, 5) is 2.15. The second kappa shape index (κ2) is 9.09. The monoisotopic (exact) mass is 250 g/mol. The smallest absolute Gasteiger partial charge is 0.0822 e. The standard InChI is InChI=1S/C15H24NO2/c1-16(13-15(18)9-5-6-12-17)11-10-14-7-3-2-4-8-14/h2-4,7-8,15,18H,5-6,9-13H2,1H3. The van der Waals surface area contributed by atoms with Crippen LogP contribution in [0.1, 0.15) is 24.8 Å². The molecule has 0 saturated carbocycles. The van der Waals surface area contributed by atoms with Gasteiger partial charge in [0.05, 0.1) is 12.7 Å². The van der Waals surface area contributed by atoms with E-state index in [0.717, 1.165) is 25.8 Å². The minimum absolute atomic E-state index is 0.0312. The van der Waals surface area contributed by atoms with Gasteiger partial charge < -0.3 is 10.0 Å². The minimum Gasteiger partial charge on any atom is -0.392 e. The summed E-state index contributed by atoms with van der Waals surface area (Å²) in [5.41, 5.74) is 1.32. The van der Waals surface area contributed by atoms with Gasteiger partial charge in [-0.3, -0.25) is 0 Å². The fraction of sp³-hybridized carbons (Fsp3) is 0.600. The van der Waals surface area contributed by atoms with Crippen LogP contribution >= 0.6 is 0 Å². The van der Waals surface area contributed by atoms with Crippen molar-refractivity contribution < 1.29 is 10.2 Å². The van der Waals surface area contributed by atoms with Crippen molar-refractivity contribution in [2.75, 3.05) is 26.7 Å². The molecule has 0 heterocycles. The molecule has 0 amide bonds. The van der Waals surface area contributed by atoms with Gasteiger partial charge in [0.1, 0.15) is 0 Å². The summed E-state index contributed by atoms with van der Waals surface area (Å²) in [7, 11) is 2.03. The quantitative estimate of drug-likeness (QED) is 0.682. The van der Waals surface area contributed by atoms with E-state index in [1.165, 1.54) is 5.56 Å². The molecule has 0 aromatic heterocycles. The Morgan fingerprint density at radius 1 is 1.22 bits per heavy atom. The van der Waals surface area contributed by atoms with Crippen LogP contribution in [-0.4, -0.2) is 42.9 Å². The second-order valence-corrected chi connectivity index (χ2v) is 4.85. The maximum absolute atomic E-state index is 10.3. The second-order valence-electron chi connectivity index (χ2n) is 4.85. The van der Waals surface area contributed by atoms with Crippen LogP contribution in [0.4, 0.5) is 0 Å². The normalized spacial score (nSPS) is 12.9. The van der Waals surface area contributed by atoms with Crippen LogP contribution in [0.25, 0.3) is 0 Å². The van der Waals surface area contributed by atoms with Gasteiger partial charge in [0.25, 0.3) is 0 Å². The molecule has 3 nitrogen and oxygen atoms in total. The molecule has 3 heteroatoms. The molecular weight excluding hydrogens is 226 g/mol. The molecular formula is C15H24NO2. The van der Waals surface area contributed by atoms with Gasteiger partial charge in [-0.25, -0.2) is 5.11 Å². The number of aliphatic hydroxyl groups excluding tert-OH is 1. The fourth-order valence-electron chi connectivity index (χ4n) is 1.99. The lowest BCUT2D eigenvalue weighted by Gasteiger charge is -2.20. The number of aliphatic hydroxyl groups is 1. The van der Waals surface area contributed by atoms with Crippen LogP contribution in [0.2, 0.25) is 0 Å². The zero-order valence-corrected chi connectivity index (χ0v) is 11.2. The highest BCUT2D eigenvalue weighted by molar-refractivity contribution is 5.14. The number of unbranched alkanes of at least 4 members (excludes halogenated alkanes) is 1. The Kier molecular flexibility index (Phi) is 7.65. The maximum Gasteiger partial charge on any atom is 0.0822 e. The first kappa shape index (κ1) is 15.2. The van der Waals surface area contributed by atoms with Crippen molar-refractivity contribution in [1.82, 2.24) is 4.90 Å². The average Bonchev–Trinajstić information content (AvgIpc) is 2.38. The Balaban J connectivity index is 2.15. The molecule has 18 heavy (non-hydrogen) atoms. The Hall–Kier alpha value is -0.900. The average molecular weight is 250 g/mol. The largest absolute Gasteiger partial charge is 0.392 e. The summed E-state index contributed by atoms with van der Waals surface area (Å²) in [6, 6.07) is 10.4. The third-order valence-corrected chi connectivity index (χ3v) is 3.08. The number of likely N-dealkylation sites (N-methyl/N-ethyl adjacent to an activating group) is 1. The molecule has 1 rings (SSSR count). The third kappa shape index (κ3) is 6.74. The van der Waals surface area contributed by atoms with Gasteiger partial charge in [-0.15, -0.1) is 0 Å². The molecule has 0 aliphatic carbocycles. The molecule has 101 valence electrons. The zero-order valence-electron chi connectivity index (χ0n) is 11.2. The topological polar surface area (TPSA) is 43.4 Å². The first-order chi connectivity index (χ1) is 8.72. The van der Waals surface area contributed by atoms with Crippen molar-refractivity contribution in [2.24, 2.45) is 0 Å². The molecule has 0 aliphatic rings. The SMILES string of the molecule is CN(CCc1ccccc1)CC(O)CCCC[O]. The highest BCUT2D eigenvalue weighted by Gasteiger charge is 2.07. The summed E-state index contributed by atoms with van der Waals surface area (Å²) in [5, 5.41) is 20.1. The molecule has 0 spiro atoms. The van der Waals surface area contributed by atoms with Gasteiger partial charge >= 0.3 is 0 Å². The van der Waals surface area contributed by atoms with Crippen LogP contribution in [0, 0.1) is 0 Å². The van der Waals surface area contributed by atoms with Crippen molar-refractivity contribution in [3.63, 3.8) is 0 Å². The lowest BCUT2D eigenvalue weighted by Crippen LogP contribution is -2.30. The molecule has 0 fully saturated rings. The van der Waals surface area contributed by atoms with E-state index < -0.39 is 0 Å². The molecule has 1 atom stereocenters. The summed E-state index contributed by atoms with van der Waals surface area (Å²) in [5.74, 6) is 0. The van der Waals surface area contributed by atoms with Gasteiger partial charge in [0.15, 0.2) is 0 Å². The van der Waals surface area contributed by atoms with Gasteiger partial charge in [-0.2, -0.15) is 0 Å². The van der Waals surface area contributed by atoms with E-state index >= 15 is 0 Å². The highest BCUT2D eigenvalue weighted by atomic mass is 16.3. The van der Waals surface area contributed by atoms with Crippen molar-refractivity contribution in [1.29, 1.82) is 0 Å². The summed E-state index contributed by atoms with van der Waals surface area (Å²) >= 11 is 0. The van der Waals surface area contributed by atoms with Crippen LogP contribution in [0.5, 0.6) is 0 Å². The lowest BCUT2D eigenvalue weighted by atomic mass is 10.1. The van der Waals surface area contributed by atoms with Crippen molar-refractivity contribution in [2.45, 2.75) is 31.8 Å². The van der Waals surface area contributed by atoms with Crippen LogP contribution < -0.4 is 0 Å². The van der Waals surface area contributed by atoms with Gasteiger partial charge in [-0.1, -0.05) is 30.3 Å². The number of hydrogen-bond acceptors (Lipinski definition) is 2. The van der Waals surface area contributed by atoms with Crippen LogP contribution in [0.3, 0.4) is 0 Å². The van der Waals surface area contributed by atoms with Gasteiger partial charge in [0.2, 0.25) is 0 Å². The highest BCUT2D eigenvalue weighted by Crippen LogP contribution is 2.04. The van der Waals surface area contributed by atoms with Crippen LogP contribution in [0.15, 0.2) is 30.3 Å². The summed E-state index contributed by atoms with van der Waals surface area (Å²) < 4.78 is 0. The lowest BCUT2D eigenvalue weighted by molar-refractivity contribution is 0.110. The maximum atomic E-state index is 10.3. The van der Waals surface area contributed by atoms with E-state index in [0.29, 0.717) is 13.0 Å². The van der Waals surface area contributed by atoms with Crippen molar-refractivity contribution >= 4 is 0 Å². The molecule has 1 aromatic rings. The van der Waals surface area contributed by atoms with E-state index in [4.69, 9.17) is 0 Å². The Labute approximate surface area is 110 Å². The summed E-state index contributed by atoms with van der Waals surface area (Å²) in [6.07, 6.45) is 2.93. The number of rotatable bonds is 9. The van der Waals surface area contributed by atoms with Gasteiger partial charge in [0, 0.05) is 13.1 Å². The van der Waals surface area contributed by atoms with E-state index in [1.807, 2.05) is 25.2 Å². The van der Waals surface area contributed by atoms with E-state index in [-0.39, 0.29) is 12.7 Å². The van der Waals surface area contributed by atoms with Crippen LogP contribution in [-0.2, 0) is 11.5 Å². The van der Waals surface area contributed by atoms with E-state index in [2.05, 4.69) is 17.0 Å². The Morgan fingerprint density at radius 2 is 1.94 bits per heavy atom. The molecule has 0 bridgehead atoms. The Bertz CT molecular complexity index is 303. The van der Waals surface area contributed by atoms with Crippen molar-refractivity contribution in [3.05, 3.63) is 35.9 Å². The molecule has 1 unspecified atom stereocenters. The summed E-state index contributed by atoms with van der Waals surface area (Å²) in [6.45, 7) is 1.60. The molecule has 1 N–H and O–H groups in total. The zero-order chi connectivity index (χ0) is 13.2. The molecule has 1 aromatic carbocycles. The molecule has 0 saturated heterocycles. The van der Waals surface area contributed by atoms with Gasteiger partial charge in [-0.05, 0) is 38.3 Å².